The van der Waals surface area contributed by atoms with Crippen molar-refractivity contribution in [2.45, 2.75) is 26.5 Å². The maximum atomic E-state index is 12.1. The number of aromatic nitrogens is 1. The molecular formula is C16H16Cl2N2O5. The fraction of sp³-hybridized carbons (Fsp3) is 0.312. The molecule has 0 aliphatic heterocycles. The van der Waals surface area contributed by atoms with Gasteiger partial charge in [-0.2, -0.15) is 0 Å². The third-order valence-electron chi connectivity index (χ3n) is 3.29. The minimum Gasteiger partial charge on any atom is -0.482 e. The van der Waals surface area contributed by atoms with Crippen LogP contribution in [0, 0.1) is 5.92 Å². The molecule has 1 aromatic heterocycles. The van der Waals surface area contributed by atoms with E-state index in [1.807, 2.05) is 0 Å². The van der Waals surface area contributed by atoms with E-state index in [0.717, 1.165) is 0 Å². The topological polar surface area (TPSA) is 102 Å². The number of carboxylic acids is 1. The summed E-state index contributed by atoms with van der Waals surface area (Å²) < 4.78 is 10.5. The van der Waals surface area contributed by atoms with Crippen LogP contribution in [-0.4, -0.2) is 28.2 Å². The Labute approximate surface area is 153 Å². The fourth-order valence-electron chi connectivity index (χ4n) is 1.98. The van der Waals surface area contributed by atoms with Crippen molar-refractivity contribution in [3.63, 3.8) is 0 Å². The lowest BCUT2D eigenvalue weighted by atomic mass is 10.0. The second kappa shape index (κ2) is 8.22. The molecule has 1 heterocycles. The molecule has 2 rings (SSSR count). The Kier molecular flexibility index (Phi) is 6.27. The number of halogens is 2. The molecule has 0 bridgehead atoms. The van der Waals surface area contributed by atoms with Crippen LogP contribution in [0.2, 0.25) is 10.0 Å². The number of carbonyl (C=O) groups excluding carboxylic acids is 1. The van der Waals surface area contributed by atoms with E-state index in [-0.39, 0.29) is 24.0 Å². The summed E-state index contributed by atoms with van der Waals surface area (Å²) >= 11 is 12.0. The lowest BCUT2D eigenvalue weighted by Gasteiger charge is -2.16. The first-order chi connectivity index (χ1) is 11.8. The van der Waals surface area contributed by atoms with Crippen LogP contribution < -0.4 is 10.1 Å². The molecule has 9 heteroatoms. The Balaban J connectivity index is 2.02. The summed E-state index contributed by atoms with van der Waals surface area (Å²) in [6.07, 6.45) is 0. The van der Waals surface area contributed by atoms with Crippen molar-refractivity contribution in [3.05, 3.63) is 45.8 Å². The first kappa shape index (κ1) is 19.1. The van der Waals surface area contributed by atoms with Crippen molar-refractivity contribution in [1.29, 1.82) is 0 Å². The smallest absolute Gasteiger partial charge is 0.326 e. The predicted octanol–water partition coefficient (Wildman–Crippen LogP) is 3.40. The number of carbonyl (C=O) groups is 2. The van der Waals surface area contributed by atoms with Crippen LogP contribution in [-0.2, 0) is 11.4 Å². The van der Waals surface area contributed by atoms with E-state index in [1.54, 1.807) is 32.0 Å². The summed E-state index contributed by atoms with van der Waals surface area (Å²) in [7, 11) is 0. The Morgan fingerprint density at radius 1 is 1.32 bits per heavy atom. The van der Waals surface area contributed by atoms with Crippen LogP contribution in [0.1, 0.15) is 30.1 Å². The normalized spacial score (nSPS) is 12.0. The van der Waals surface area contributed by atoms with E-state index < -0.39 is 17.9 Å². The zero-order chi connectivity index (χ0) is 18.6. The van der Waals surface area contributed by atoms with Crippen molar-refractivity contribution in [2.24, 2.45) is 5.92 Å². The average molecular weight is 387 g/mol. The molecule has 0 aliphatic rings. The lowest BCUT2D eigenvalue weighted by Crippen LogP contribution is -2.44. The molecule has 134 valence electrons. The number of rotatable bonds is 7. The van der Waals surface area contributed by atoms with Gasteiger partial charge in [-0.25, -0.2) is 4.79 Å². The van der Waals surface area contributed by atoms with Gasteiger partial charge in [0.15, 0.2) is 17.2 Å². The molecule has 0 spiro atoms. The molecule has 25 heavy (non-hydrogen) atoms. The third-order valence-corrected chi connectivity index (χ3v) is 3.88. The number of para-hydroxylation sites is 1. The van der Waals surface area contributed by atoms with E-state index in [0.29, 0.717) is 15.8 Å². The molecule has 0 radical (unpaired) electrons. The van der Waals surface area contributed by atoms with Crippen LogP contribution in [0.25, 0.3) is 0 Å². The fourth-order valence-corrected chi connectivity index (χ4v) is 2.49. The van der Waals surface area contributed by atoms with Crippen molar-refractivity contribution >= 4 is 35.1 Å². The number of amides is 1. The standard InChI is InChI=1S/C16H16Cl2N2O5/c1-8(2)13(16(22)23)19-15(21)12-6-9(25-20-12)7-24-14-10(17)4-3-5-11(14)18/h3-6,8,13H,7H2,1-2H3,(H,19,21)(H,22,23)/t13-/m1/s1. The summed E-state index contributed by atoms with van der Waals surface area (Å²) in [4.78, 5) is 23.2. The van der Waals surface area contributed by atoms with Gasteiger partial charge in [0.2, 0.25) is 0 Å². The average Bonchev–Trinajstić information content (AvgIpc) is 3.00. The maximum absolute atomic E-state index is 12.1. The first-order valence-electron chi connectivity index (χ1n) is 7.35. The third kappa shape index (κ3) is 4.87. The number of aliphatic carboxylic acids is 1. The van der Waals surface area contributed by atoms with Gasteiger partial charge in [-0.3, -0.25) is 4.79 Å². The molecular weight excluding hydrogens is 371 g/mol. The second-order valence-electron chi connectivity index (χ2n) is 5.55. The molecule has 1 aromatic carbocycles. The van der Waals surface area contributed by atoms with Gasteiger partial charge in [-0.15, -0.1) is 0 Å². The number of nitrogens with one attached hydrogen (secondary N) is 1. The van der Waals surface area contributed by atoms with Gasteiger partial charge < -0.3 is 19.7 Å². The molecule has 0 fully saturated rings. The SMILES string of the molecule is CC(C)[C@@H](NC(=O)c1cc(COc2c(Cl)cccc2Cl)on1)C(=O)O. The number of carboxylic acid groups (broad SMARTS) is 1. The molecule has 1 atom stereocenters. The van der Waals surface area contributed by atoms with Crippen molar-refractivity contribution in [3.8, 4) is 5.75 Å². The molecule has 0 unspecified atom stereocenters. The Morgan fingerprint density at radius 3 is 2.52 bits per heavy atom. The number of hydrogen-bond acceptors (Lipinski definition) is 5. The molecule has 7 nitrogen and oxygen atoms in total. The van der Waals surface area contributed by atoms with Gasteiger partial charge in [0.25, 0.3) is 5.91 Å². The van der Waals surface area contributed by atoms with Gasteiger partial charge in [0, 0.05) is 6.07 Å². The van der Waals surface area contributed by atoms with Gasteiger partial charge >= 0.3 is 5.97 Å². The lowest BCUT2D eigenvalue weighted by molar-refractivity contribution is -0.140. The van der Waals surface area contributed by atoms with Crippen LogP contribution in [0.4, 0.5) is 0 Å². The number of ether oxygens (including phenoxy) is 1. The minimum absolute atomic E-state index is 0.0454. The highest BCUT2D eigenvalue weighted by atomic mass is 35.5. The molecule has 1 amide bonds. The molecule has 0 saturated heterocycles. The van der Waals surface area contributed by atoms with Gasteiger partial charge in [-0.05, 0) is 18.1 Å². The van der Waals surface area contributed by atoms with Gasteiger partial charge in [0.1, 0.15) is 12.6 Å². The zero-order valence-electron chi connectivity index (χ0n) is 13.5. The van der Waals surface area contributed by atoms with Crippen LogP contribution in [0.3, 0.4) is 0 Å². The second-order valence-corrected chi connectivity index (χ2v) is 6.37. The Bertz CT molecular complexity index is 755. The highest BCUT2D eigenvalue weighted by Gasteiger charge is 2.25. The van der Waals surface area contributed by atoms with E-state index in [9.17, 15) is 9.59 Å². The molecule has 0 aliphatic carbocycles. The van der Waals surface area contributed by atoms with E-state index in [1.165, 1.54) is 6.07 Å². The number of hydrogen-bond donors (Lipinski definition) is 2. The number of benzene rings is 1. The van der Waals surface area contributed by atoms with E-state index >= 15 is 0 Å². The summed E-state index contributed by atoms with van der Waals surface area (Å²) in [6, 6.07) is 5.27. The summed E-state index contributed by atoms with van der Waals surface area (Å²) in [6.45, 7) is 3.33. The van der Waals surface area contributed by atoms with E-state index in [4.69, 9.17) is 37.6 Å². The zero-order valence-corrected chi connectivity index (χ0v) is 15.0. The minimum atomic E-state index is -1.12. The van der Waals surface area contributed by atoms with Gasteiger partial charge in [-0.1, -0.05) is 48.3 Å². The maximum Gasteiger partial charge on any atom is 0.326 e. The van der Waals surface area contributed by atoms with Crippen molar-refractivity contribution in [1.82, 2.24) is 10.5 Å². The number of nitrogens with zero attached hydrogens (tertiary/aromatic N) is 1. The highest BCUT2D eigenvalue weighted by Crippen LogP contribution is 2.32. The van der Waals surface area contributed by atoms with Crippen LogP contribution in [0.15, 0.2) is 28.8 Å². The molecule has 0 saturated carbocycles. The first-order valence-corrected chi connectivity index (χ1v) is 8.11. The Hall–Kier alpha value is -2.25. The largest absolute Gasteiger partial charge is 0.482 e. The highest BCUT2D eigenvalue weighted by molar-refractivity contribution is 6.37. The van der Waals surface area contributed by atoms with Gasteiger partial charge in [0.05, 0.1) is 10.0 Å². The van der Waals surface area contributed by atoms with Crippen LogP contribution in [0.5, 0.6) is 5.75 Å². The summed E-state index contributed by atoms with van der Waals surface area (Å²) in [5.41, 5.74) is -0.0456. The van der Waals surface area contributed by atoms with Crippen molar-refractivity contribution in [2.75, 3.05) is 0 Å². The van der Waals surface area contributed by atoms with E-state index in [2.05, 4.69) is 10.5 Å². The molecule has 2 aromatic rings. The predicted molar refractivity (Wildman–Crippen MR) is 91.0 cm³/mol. The van der Waals surface area contributed by atoms with Crippen molar-refractivity contribution < 1.29 is 24.0 Å². The molecule has 2 N–H and O–H groups in total. The van der Waals surface area contributed by atoms with Crippen LogP contribution >= 0.6 is 23.2 Å². The quantitative estimate of drug-likeness (QED) is 0.755. The Morgan fingerprint density at radius 2 is 1.96 bits per heavy atom. The summed E-state index contributed by atoms with van der Waals surface area (Å²) in [5, 5.41) is 15.8. The summed E-state index contributed by atoms with van der Waals surface area (Å²) in [5.74, 6) is -1.49. The monoisotopic (exact) mass is 386 g/mol.